The smallest absolute Gasteiger partial charge is 0.346 e. The number of rotatable bonds is 5. The van der Waals surface area contributed by atoms with Gasteiger partial charge in [0.25, 0.3) is 5.91 Å². The Balaban J connectivity index is 2.11. The van der Waals surface area contributed by atoms with E-state index in [9.17, 15) is 9.59 Å². The lowest BCUT2D eigenvalue weighted by Gasteiger charge is -2.16. The van der Waals surface area contributed by atoms with Gasteiger partial charge in [-0.3, -0.25) is 4.79 Å². The van der Waals surface area contributed by atoms with Gasteiger partial charge < -0.3 is 25.0 Å². The zero-order chi connectivity index (χ0) is 18.7. The molecule has 0 unspecified atom stereocenters. The Morgan fingerprint density at radius 2 is 2.04 bits per heavy atom. The minimum absolute atomic E-state index is 0.000400. The largest absolute Gasteiger partial charge is 0.495 e. The van der Waals surface area contributed by atoms with E-state index in [1.165, 1.54) is 14.0 Å². The van der Waals surface area contributed by atoms with Gasteiger partial charge in [0.2, 0.25) is 5.88 Å². The van der Waals surface area contributed by atoms with E-state index in [1.54, 1.807) is 26.0 Å². The number of esters is 1. The standard InChI is InChI=1S/C16H18ClN3O5/c1-7-5-11(12(23-4)6-10(7)17)19-15(21)9(3)24-16(22)13-8(2)20-25-14(13)18/h5-6,9H,18H2,1-4H3,(H,19,21)/t9-/m0/s1. The Labute approximate surface area is 149 Å². The molecule has 0 spiro atoms. The molecule has 0 aliphatic rings. The van der Waals surface area contributed by atoms with Gasteiger partial charge in [0.1, 0.15) is 11.3 Å². The van der Waals surface area contributed by atoms with Crippen LogP contribution in [0.1, 0.15) is 28.5 Å². The van der Waals surface area contributed by atoms with E-state index in [0.29, 0.717) is 16.5 Å². The highest BCUT2D eigenvalue weighted by molar-refractivity contribution is 6.31. The van der Waals surface area contributed by atoms with Crippen LogP contribution in [0, 0.1) is 13.8 Å². The number of hydrogen-bond donors (Lipinski definition) is 2. The molecule has 0 aliphatic heterocycles. The van der Waals surface area contributed by atoms with Gasteiger partial charge in [-0.25, -0.2) is 4.79 Å². The van der Waals surface area contributed by atoms with Crippen molar-refractivity contribution in [3.63, 3.8) is 0 Å². The Bertz CT molecular complexity index is 799. The van der Waals surface area contributed by atoms with Crippen molar-refractivity contribution in [2.75, 3.05) is 18.2 Å². The van der Waals surface area contributed by atoms with Crippen LogP contribution in [0.2, 0.25) is 5.02 Å². The van der Waals surface area contributed by atoms with Gasteiger partial charge in [-0.05, 0) is 32.4 Å². The highest BCUT2D eigenvalue weighted by Gasteiger charge is 2.25. The highest BCUT2D eigenvalue weighted by atomic mass is 35.5. The predicted octanol–water partition coefficient (Wildman–Crippen LogP) is 2.72. The van der Waals surface area contributed by atoms with Crippen LogP contribution in [0.3, 0.4) is 0 Å². The molecular weight excluding hydrogens is 350 g/mol. The molecule has 9 heteroatoms. The summed E-state index contributed by atoms with van der Waals surface area (Å²) < 4.78 is 15.0. The fourth-order valence-electron chi connectivity index (χ4n) is 2.07. The van der Waals surface area contributed by atoms with Gasteiger partial charge >= 0.3 is 5.97 Å². The van der Waals surface area contributed by atoms with Crippen molar-refractivity contribution in [2.24, 2.45) is 0 Å². The molecule has 0 bridgehead atoms. The molecule has 0 fully saturated rings. The molecule has 2 aromatic rings. The van der Waals surface area contributed by atoms with Crippen molar-refractivity contribution in [2.45, 2.75) is 26.9 Å². The molecule has 0 radical (unpaired) electrons. The zero-order valence-electron chi connectivity index (χ0n) is 14.2. The summed E-state index contributed by atoms with van der Waals surface area (Å²) in [7, 11) is 1.46. The first-order valence-electron chi connectivity index (χ1n) is 7.32. The molecule has 0 saturated carbocycles. The van der Waals surface area contributed by atoms with Crippen molar-refractivity contribution in [1.82, 2.24) is 5.16 Å². The van der Waals surface area contributed by atoms with Crippen LogP contribution in [0.25, 0.3) is 0 Å². The van der Waals surface area contributed by atoms with E-state index in [2.05, 4.69) is 10.5 Å². The number of ether oxygens (including phenoxy) is 2. The van der Waals surface area contributed by atoms with E-state index >= 15 is 0 Å². The number of methoxy groups -OCH3 is 1. The fourth-order valence-corrected chi connectivity index (χ4v) is 2.23. The van der Waals surface area contributed by atoms with Crippen LogP contribution in [0.5, 0.6) is 5.75 Å². The minimum atomic E-state index is -1.08. The van der Waals surface area contributed by atoms with Crippen LogP contribution >= 0.6 is 11.6 Å². The lowest BCUT2D eigenvalue weighted by molar-refractivity contribution is -0.123. The van der Waals surface area contributed by atoms with Crippen LogP contribution in [0.4, 0.5) is 11.6 Å². The van der Waals surface area contributed by atoms with Crippen molar-refractivity contribution in [3.05, 3.63) is 34.0 Å². The molecule has 8 nitrogen and oxygen atoms in total. The van der Waals surface area contributed by atoms with Gasteiger partial charge in [-0.2, -0.15) is 0 Å². The number of anilines is 2. The third-order valence-corrected chi connectivity index (χ3v) is 3.89. The number of nitrogens with two attached hydrogens (primary N) is 1. The third-order valence-electron chi connectivity index (χ3n) is 3.48. The Morgan fingerprint density at radius 1 is 1.36 bits per heavy atom. The quantitative estimate of drug-likeness (QED) is 0.780. The molecular formula is C16H18ClN3O5. The van der Waals surface area contributed by atoms with Gasteiger partial charge in [-0.1, -0.05) is 16.8 Å². The number of nitrogen functional groups attached to an aromatic ring is 1. The predicted molar refractivity (Wildman–Crippen MR) is 91.9 cm³/mol. The highest BCUT2D eigenvalue weighted by Crippen LogP contribution is 2.31. The molecule has 1 atom stereocenters. The lowest BCUT2D eigenvalue weighted by Crippen LogP contribution is -2.30. The van der Waals surface area contributed by atoms with Gasteiger partial charge in [0, 0.05) is 11.1 Å². The van der Waals surface area contributed by atoms with Crippen LogP contribution in [-0.2, 0) is 9.53 Å². The number of carbonyl (C=O) groups excluding carboxylic acids is 2. The first-order valence-corrected chi connectivity index (χ1v) is 7.70. The Morgan fingerprint density at radius 3 is 2.60 bits per heavy atom. The zero-order valence-corrected chi connectivity index (χ0v) is 14.9. The van der Waals surface area contributed by atoms with Crippen molar-refractivity contribution in [1.29, 1.82) is 0 Å². The Kier molecular flexibility index (Phi) is 5.53. The number of aryl methyl sites for hydroxylation is 2. The van der Waals surface area contributed by atoms with E-state index in [4.69, 9.17) is 31.3 Å². The maximum Gasteiger partial charge on any atom is 0.346 e. The van der Waals surface area contributed by atoms with E-state index in [-0.39, 0.29) is 17.1 Å². The summed E-state index contributed by atoms with van der Waals surface area (Å²) in [5, 5.41) is 6.71. The van der Waals surface area contributed by atoms with Crippen LogP contribution in [-0.4, -0.2) is 30.2 Å². The number of nitrogens with one attached hydrogen (secondary N) is 1. The molecule has 3 N–H and O–H groups in total. The fraction of sp³-hybridized carbons (Fsp3) is 0.312. The normalized spacial score (nSPS) is 11.7. The number of hydrogen-bond acceptors (Lipinski definition) is 7. The number of carbonyl (C=O) groups is 2. The first-order chi connectivity index (χ1) is 11.7. The number of aromatic nitrogens is 1. The molecule has 1 amide bonds. The summed E-state index contributed by atoms with van der Waals surface area (Å²) in [6.07, 6.45) is -1.08. The molecule has 1 heterocycles. The van der Waals surface area contributed by atoms with E-state index < -0.39 is 18.0 Å². The summed E-state index contributed by atoms with van der Waals surface area (Å²) in [6.45, 7) is 4.77. The molecule has 1 aromatic heterocycles. The SMILES string of the molecule is COc1cc(Cl)c(C)cc1NC(=O)[C@H](C)OC(=O)c1c(C)noc1N. The summed E-state index contributed by atoms with van der Waals surface area (Å²) in [5.74, 6) is -1.11. The molecule has 1 aromatic carbocycles. The summed E-state index contributed by atoms with van der Waals surface area (Å²) in [5.41, 5.74) is 6.98. The lowest BCUT2D eigenvalue weighted by atomic mass is 10.2. The molecule has 0 saturated heterocycles. The first kappa shape index (κ1) is 18.6. The van der Waals surface area contributed by atoms with Crippen LogP contribution < -0.4 is 15.8 Å². The Hall–Kier alpha value is -2.74. The van der Waals surface area contributed by atoms with Crippen LogP contribution in [0.15, 0.2) is 16.7 Å². The summed E-state index contributed by atoms with van der Waals surface area (Å²) in [4.78, 5) is 24.4. The maximum absolute atomic E-state index is 12.3. The molecule has 25 heavy (non-hydrogen) atoms. The summed E-state index contributed by atoms with van der Waals surface area (Å²) >= 11 is 6.03. The van der Waals surface area contributed by atoms with Crippen molar-refractivity contribution >= 4 is 35.0 Å². The van der Waals surface area contributed by atoms with Crippen molar-refractivity contribution < 1.29 is 23.6 Å². The molecule has 2 rings (SSSR count). The topological polar surface area (TPSA) is 117 Å². The minimum Gasteiger partial charge on any atom is -0.495 e. The van der Waals surface area contributed by atoms with Crippen molar-refractivity contribution in [3.8, 4) is 5.75 Å². The maximum atomic E-state index is 12.3. The van der Waals surface area contributed by atoms with E-state index in [1.807, 2.05) is 0 Å². The second-order valence-corrected chi connectivity index (χ2v) is 5.75. The second kappa shape index (κ2) is 7.43. The average Bonchev–Trinajstić information content (AvgIpc) is 2.89. The molecule has 0 aliphatic carbocycles. The van der Waals surface area contributed by atoms with E-state index in [0.717, 1.165) is 5.56 Å². The molecule has 134 valence electrons. The van der Waals surface area contributed by atoms with Gasteiger partial charge in [0.15, 0.2) is 6.10 Å². The van der Waals surface area contributed by atoms with Gasteiger partial charge in [-0.15, -0.1) is 0 Å². The average molecular weight is 368 g/mol. The second-order valence-electron chi connectivity index (χ2n) is 5.35. The summed E-state index contributed by atoms with van der Waals surface area (Å²) in [6, 6.07) is 3.25. The third kappa shape index (κ3) is 4.03. The number of benzene rings is 1. The monoisotopic (exact) mass is 367 g/mol. The number of amides is 1. The number of halogens is 1. The number of nitrogens with zero attached hydrogens (tertiary/aromatic N) is 1. The van der Waals surface area contributed by atoms with Gasteiger partial charge in [0.05, 0.1) is 18.5 Å².